The first-order chi connectivity index (χ1) is 13.9. The Bertz CT molecular complexity index is 1070. The minimum Gasteiger partial charge on any atom is -0.366 e. The van der Waals surface area contributed by atoms with Crippen molar-refractivity contribution in [3.05, 3.63) is 59.9 Å². The van der Waals surface area contributed by atoms with E-state index in [0.717, 1.165) is 17.2 Å². The third kappa shape index (κ3) is 4.61. The van der Waals surface area contributed by atoms with Crippen LogP contribution >= 0.6 is 0 Å². The van der Waals surface area contributed by atoms with Gasteiger partial charge < -0.3 is 5.73 Å². The third-order valence-corrected chi connectivity index (χ3v) is 3.75. The number of hydrogen-bond donors (Lipinski definition) is 1. The first-order valence-corrected chi connectivity index (χ1v) is 7.93. The number of carbonyl (C=O) groups excluding carboxylic acids is 1. The predicted molar refractivity (Wildman–Crippen MR) is 90.9 cm³/mol. The molecule has 7 nitrogen and oxygen atoms in total. The van der Waals surface area contributed by atoms with Crippen molar-refractivity contribution >= 4 is 17.7 Å². The number of primary amides is 1. The van der Waals surface area contributed by atoms with Gasteiger partial charge in [-0.2, -0.15) is 26.3 Å². The lowest BCUT2D eigenvalue weighted by Gasteiger charge is -2.13. The fraction of sp³-hybridized carbons (Fsp3) is 0.118. The molecule has 0 bridgehead atoms. The summed E-state index contributed by atoms with van der Waals surface area (Å²) in [6.07, 6.45) is -4.16. The van der Waals surface area contributed by atoms with Gasteiger partial charge in [0.1, 0.15) is 12.7 Å². The van der Waals surface area contributed by atoms with Gasteiger partial charge in [-0.05, 0) is 18.2 Å². The lowest BCUT2D eigenvalue weighted by molar-refractivity contribution is -0.143. The topological polar surface area (TPSA) is 99.6 Å². The number of carbonyl (C=O) groups is 1. The van der Waals surface area contributed by atoms with Crippen LogP contribution < -0.4 is 5.73 Å². The van der Waals surface area contributed by atoms with Gasteiger partial charge in [0.25, 0.3) is 5.91 Å². The lowest BCUT2D eigenvalue weighted by atomic mass is 10.0. The average molecular weight is 428 g/mol. The van der Waals surface area contributed by atoms with Crippen LogP contribution in [0.1, 0.15) is 16.7 Å². The van der Waals surface area contributed by atoms with Crippen LogP contribution in [-0.2, 0) is 17.1 Å². The van der Waals surface area contributed by atoms with E-state index in [4.69, 9.17) is 5.73 Å². The Hall–Kier alpha value is -3.77. The van der Waals surface area contributed by atoms with Crippen molar-refractivity contribution in [1.29, 1.82) is 0 Å². The molecule has 3 aromatic rings. The zero-order valence-electron chi connectivity index (χ0n) is 14.6. The van der Waals surface area contributed by atoms with Crippen LogP contribution in [0.25, 0.3) is 23.2 Å². The van der Waals surface area contributed by atoms with E-state index in [1.165, 1.54) is 18.7 Å². The molecule has 1 aromatic carbocycles. The Morgan fingerprint density at radius 2 is 1.53 bits per heavy atom. The van der Waals surface area contributed by atoms with E-state index in [1.807, 2.05) is 0 Å². The highest BCUT2D eigenvalue weighted by atomic mass is 19.4. The summed E-state index contributed by atoms with van der Waals surface area (Å²) < 4.78 is 79.0. The van der Waals surface area contributed by atoms with Crippen molar-refractivity contribution in [1.82, 2.24) is 24.7 Å². The van der Waals surface area contributed by atoms with Crippen LogP contribution in [0, 0.1) is 0 Å². The van der Waals surface area contributed by atoms with Crippen LogP contribution in [0.4, 0.5) is 26.3 Å². The number of alkyl halides is 6. The number of rotatable bonds is 4. The second-order valence-electron chi connectivity index (χ2n) is 5.88. The van der Waals surface area contributed by atoms with E-state index in [2.05, 4.69) is 20.1 Å². The Labute approximate surface area is 163 Å². The summed E-state index contributed by atoms with van der Waals surface area (Å²) in [7, 11) is 0. The number of nitrogens with two attached hydrogens (primary N) is 1. The van der Waals surface area contributed by atoms with Crippen LogP contribution in [0.5, 0.6) is 0 Å². The summed E-state index contributed by atoms with van der Waals surface area (Å²) in [5.41, 5.74) is 1.90. The molecular formula is C17H10F6N6O. The molecule has 2 heterocycles. The Morgan fingerprint density at radius 3 is 2.03 bits per heavy atom. The minimum atomic E-state index is -5.01. The third-order valence-electron chi connectivity index (χ3n) is 3.75. The van der Waals surface area contributed by atoms with Crippen molar-refractivity contribution in [3.63, 3.8) is 0 Å². The van der Waals surface area contributed by atoms with Gasteiger partial charge in [-0.25, -0.2) is 19.6 Å². The molecule has 30 heavy (non-hydrogen) atoms. The van der Waals surface area contributed by atoms with E-state index in [-0.39, 0.29) is 17.2 Å². The largest absolute Gasteiger partial charge is 0.416 e. The molecule has 0 saturated carbocycles. The predicted octanol–water partition coefficient (Wildman–Crippen LogP) is 3.26. The molecule has 13 heteroatoms. The molecule has 0 saturated heterocycles. The quantitative estimate of drug-likeness (QED) is 0.508. The molecule has 2 N–H and O–H groups in total. The van der Waals surface area contributed by atoms with Crippen molar-refractivity contribution in [2.45, 2.75) is 12.4 Å². The van der Waals surface area contributed by atoms with Gasteiger partial charge in [0, 0.05) is 29.7 Å². The molecule has 1 amide bonds. The number of amides is 1. The highest BCUT2D eigenvalue weighted by molar-refractivity contribution is 6.22. The fourth-order valence-corrected chi connectivity index (χ4v) is 2.40. The highest BCUT2D eigenvalue weighted by Gasteiger charge is 2.37. The zero-order chi connectivity index (χ0) is 22.1. The van der Waals surface area contributed by atoms with Gasteiger partial charge in [-0.3, -0.25) is 4.79 Å². The number of benzene rings is 1. The second kappa shape index (κ2) is 7.57. The number of nitrogens with zero attached hydrogens (tertiary/aromatic N) is 5. The molecule has 3 rings (SSSR count). The van der Waals surface area contributed by atoms with E-state index in [0.29, 0.717) is 12.1 Å². The van der Waals surface area contributed by atoms with Crippen molar-refractivity contribution in [3.8, 4) is 11.4 Å². The van der Waals surface area contributed by atoms with E-state index in [9.17, 15) is 31.1 Å². The molecule has 0 aliphatic heterocycles. The first kappa shape index (κ1) is 21.0. The van der Waals surface area contributed by atoms with Crippen LogP contribution in [0.2, 0.25) is 0 Å². The smallest absolute Gasteiger partial charge is 0.366 e. The maximum Gasteiger partial charge on any atom is 0.416 e. The number of halogens is 6. The van der Waals surface area contributed by atoms with E-state index < -0.39 is 40.8 Å². The molecule has 0 unspecified atom stereocenters. The maximum atomic E-state index is 13.0. The van der Waals surface area contributed by atoms with E-state index in [1.54, 1.807) is 0 Å². The Morgan fingerprint density at radius 1 is 0.967 bits per heavy atom. The highest BCUT2D eigenvalue weighted by Crippen LogP contribution is 2.38. The van der Waals surface area contributed by atoms with Crippen LogP contribution in [-0.4, -0.2) is 30.6 Å². The SMILES string of the molecule is NC(=O)/C(=C/n1cnc(-c2cc(C(F)(F)F)cc(C(F)(F)F)c2)n1)c1cncnc1. The van der Waals surface area contributed by atoms with Crippen LogP contribution in [0.15, 0.2) is 43.2 Å². The van der Waals surface area contributed by atoms with Crippen LogP contribution in [0.3, 0.4) is 0 Å². The molecule has 2 aromatic heterocycles. The number of aromatic nitrogens is 5. The van der Waals surface area contributed by atoms with Crippen molar-refractivity contribution in [2.75, 3.05) is 0 Å². The molecule has 0 atom stereocenters. The van der Waals surface area contributed by atoms with Gasteiger partial charge in [0.15, 0.2) is 5.82 Å². The summed E-state index contributed by atoms with van der Waals surface area (Å²) in [6, 6.07) is 0.998. The molecule has 0 spiro atoms. The standard InChI is InChI=1S/C17H10F6N6O/c18-16(19,20)11-1-9(2-12(3-11)17(21,22)23)15-27-8-29(28-15)6-13(14(24)30)10-4-25-7-26-5-10/h1-8H,(H2,24,30)/b13-6+. The fourth-order valence-electron chi connectivity index (χ4n) is 2.40. The van der Waals surface area contributed by atoms with Gasteiger partial charge >= 0.3 is 12.4 Å². The Balaban J connectivity index is 2.06. The Kier molecular flexibility index (Phi) is 5.29. The summed E-state index contributed by atoms with van der Waals surface area (Å²) in [6.45, 7) is 0. The molecule has 0 aliphatic carbocycles. The van der Waals surface area contributed by atoms with Gasteiger partial charge in [-0.15, -0.1) is 5.10 Å². The summed E-state index contributed by atoms with van der Waals surface area (Å²) in [5.74, 6) is -1.31. The monoisotopic (exact) mass is 428 g/mol. The summed E-state index contributed by atoms with van der Waals surface area (Å²) >= 11 is 0. The van der Waals surface area contributed by atoms with E-state index >= 15 is 0 Å². The lowest BCUT2D eigenvalue weighted by Crippen LogP contribution is -2.14. The summed E-state index contributed by atoms with van der Waals surface area (Å²) in [5, 5.41) is 3.82. The molecule has 0 fully saturated rings. The zero-order valence-corrected chi connectivity index (χ0v) is 14.6. The number of hydrogen-bond acceptors (Lipinski definition) is 5. The average Bonchev–Trinajstić information content (AvgIpc) is 3.13. The van der Waals surface area contributed by atoms with Gasteiger partial charge in [0.05, 0.1) is 16.7 Å². The van der Waals surface area contributed by atoms with Gasteiger partial charge in [0.2, 0.25) is 0 Å². The van der Waals surface area contributed by atoms with Crippen molar-refractivity contribution < 1.29 is 31.1 Å². The maximum absolute atomic E-state index is 13.0. The summed E-state index contributed by atoms with van der Waals surface area (Å²) in [4.78, 5) is 22.9. The minimum absolute atomic E-state index is 0.000986. The molecule has 0 radical (unpaired) electrons. The first-order valence-electron chi connectivity index (χ1n) is 7.93. The normalized spacial score (nSPS) is 12.8. The second-order valence-corrected chi connectivity index (χ2v) is 5.88. The molecular weight excluding hydrogens is 418 g/mol. The molecule has 156 valence electrons. The molecule has 0 aliphatic rings. The van der Waals surface area contributed by atoms with Gasteiger partial charge in [-0.1, -0.05) is 0 Å². The van der Waals surface area contributed by atoms with Crippen molar-refractivity contribution in [2.24, 2.45) is 5.73 Å².